The summed E-state index contributed by atoms with van der Waals surface area (Å²) < 4.78 is 55.8. The van der Waals surface area contributed by atoms with Gasteiger partial charge in [0.1, 0.15) is 11.6 Å². The van der Waals surface area contributed by atoms with Gasteiger partial charge in [0.15, 0.2) is 0 Å². The molecule has 2 nitrogen and oxygen atoms in total. The Morgan fingerprint density at radius 1 is 1.11 bits per heavy atom. The molecule has 0 bridgehead atoms. The molecule has 1 aromatic carbocycles. The van der Waals surface area contributed by atoms with Crippen molar-refractivity contribution in [2.24, 2.45) is 0 Å². The van der Waals surface area contributed by atoms with E-state index in [9.17, 15) is 17.6 Å². The van der Waals surface area contributed by atoms with E-state index in [2.05, 4.69) is 20.9 Å². The molecule has 19 heavy (non-hydrogen) atoms. The number of benzene rings is 1. The fraction of sp³-hybridized carbons (Fsp3) is 0.0833. The minimum absolute atomic E-state index is 0.174. The molecule has 0 unspecified atom stereocenters. The van der Waals surface area contributed by atoms with Crippen LogP contribution < -0.4 is 4.74 Å². The first-order chi connectivity index (χ1) is 8.86. The van der Waals surface area contributed by atoms with Crippen LogP contribution in [0, 0.1) is 5.82 Å². The number of rotatable bonds is 2. The highest BCUT2D eigenvalue weighted by atomic mass is 79.9. The van der Waals surface area contributed by atoms with Crippen LogP contribution in [0.4, 0.5) is 17.6 Å². The molecule has 0 atom stereocenters. The maximum absolute atomic E-state index is 12.9. The summed E-state index contributed by atoms with van der Waals surface area (Å²) in [6.45, 7) is 0. The quantitative estimate of drug-likeness (QED) is 0.736. The van der Waals surface area contributed by atoms with Crippen molar-refractivity contribution in [3.8, 4) is 11.6 Å². The Bertz CT molecular complexity index is 601. The van der Waals surface area contributed by atoms with Gasteiger partial charge in [-0.1, -0.05) is 0 Å². The second-order valence-corrected chi connectivity index (χ2v) is 4.41. The minimum Gasteiger partial charge on any atom is -0.438 e. The first-order valence-electron chi connectivity index (χ1n) is 5.02. The van der Waals surface area contributed by atoms with Gasteiger partial charge in [-0.05, 0) is 40.2 Å². The van der Waals surface area contributed by atoms with E-state index in [0.29, 0.717) is 0 Å². The third kappa shape index (κ3) is 3.44. The van der Waals surface area contributed by atoms with Crippen molar-refractivity contribution in [3.05, 3.63) is 52.4 Å². The number of hydrogen-bond acceptors (Lipinski definition) is 2. The van der Waals surface area contributed by atoms with Crippen LogP contribution in [0.2, 0.25) is 0 Å². The molecule has 0 amide bonds. The Hall–Kier alpha value is -1.63. The van der Waals surface area contributed by atoms with Gasteiger partial charge in [-0.3, -0.25) is 0 Å². The maximum Gasteiger partial charge on any atom is 0.416 e. The Kier molecular flexibility index (Phi) is 3.75. The molecule has 7 heteroatoms. The topological polar surface area (TPSA) is 22.1 Å². The number of nitrogens with zero attached hydrogens (tertiary/aromatic N) is 1. The van der Waals surface area contributed by atoms with E-state index >= 15 is 0 Å². The van der Waals surface area contributed by atoms with Gasteiger partial charge in [0, 0.05) is 12.3 Å². The summed E-state index contributed by atoms with van der Waals surface area (Å²) in [5.74, 6) is -0.536. The van der Waals surface area contributed by atoms with Crippen molar-refractivity contribution < 1.29 is 22.3 Å². The van der Waals surface area contributed by atoms with Gasteiger partial charge in [-0.25, -0.2) is 9.37 Å². The normalized spacial score (nSPS) is 11.4. The highest BCUT2D eigenvalue weighted by molar-refractivity contribution is 9.10. The number of halogens is 5. The molecule has 1 heterocycles. The lowest BCUT2D eigenvalue weighted by Crippen LogP contribution is -2.05. The van der Waals surface area contributed by atoms with Crippen molar-refractivity contribution >= 4 is 15.9 Å². The minimum atomic E-state index is -4.47. The molecular formula is C12H6BrF4NO. The SMILES string of the molecule is Fc1ccc(Oc2cc(C(F)(F)F)ccn2)c(Br)c1. The number of alkyl halides is 3. The summed E-state index contributed by atoms with van der Waals surface area (Å²) in [5, 5.41) is 0. The monoisotopic (exact) mass is 335 g/mol. The van der Waals surface area contributed by atoms with Crippen molar-refractivity contribution in [2.45, 2.75) is 6.18 Å². The molecule has 0 aliphatic carbocycles. The molecule has 0 spiro atoms. The summed E-state index contributed by atoms with van der Waals surface area (Å²) >= 11 is 3.05. The third-order valence-electron chi connectivity index (χ3n) is 2.17. The van der Waals surface area contributed by atoms with Crippen LogP contribution in [-0.2, 0) is 6.18 Å². The zero-order chi connectivity index (χ0) is 14.0. The molecule has 0 aliphatic rings. The largest absolute Gasteiger partial charge is 0.438 e. The van der Waals surface area contributed by atoms with Gasteiger partial charge in [0.05, 0.1) is 10.0 Å². The molecule has 1 aromatic heterocycles. The molecule has 0 radical (unpaired) electrons. The van der Waals surface area contributed by atoms with E-state index < -0.39 is 17.6 Å². The number of ether oxygens (including phenoxy) is 1. The molecule has 0 fully saturated rings. The second-order valence-electron chi connectivity index (χ2n) is 3.56. The second kappa shape index (κ2) is 5.16. The first kappa shape index (κ1) is 13.8. The predicted octanol–water partition coefficient (Wildman–Crippen LogP) is 4.79. The van der Waals surface area contributed by atoms with Crippen LogP contribution in [-0.4, -0.2) is 4.98 Å². The zero-order valence-electron chi connectivity index (χ0n) is 9.21. The fourth-order valence-corrected chi connectivity index (χ4v) is 1.74. The van der Waals surface area contributed by atoms with Gasteiger partial charge >= 0.3 is 6.18 Å². The zero-order valence-corrected chi connectivity index (χ0v) is 10.8. The van der Waals surface area contributed by atoms with Gasteiger partial charge in [0.2, 0.25) is 5.88 Å². The summed E-state index contributed by atoms with van der Waals surface area (Å²) in [6, 6.07) is 5.18. The van der Waals surface area contributed by atoms with E-state index in [1.807, 2.05) is 0 Å². The lowest BCUT2D eigenvalue weighted by atomic mass is 10.2. The molecule has 0 N–H and O–H groups in total. The molecule has 100 valence electrons. The molecular weight excluding hydrogens is 330 g/mol. The van der Waals surface area contributed by atoms with Crippen molar-refractivity contribution in [2.75, 3.05) is 0 Å². The van der Waals surface area contributed by atoms with E-state index in [0.717, 1.165) is 30.5 Å². The predicted molar refractivity (Wildman–Crippen MR) is 63.4 cm³/mol. The van der Waals surface area contributed by atoms with E-state index in [1.165, 1.54) is 6.07 Å². The number of hydrogen-bond donors (Lipinski definition) is 0. The molecule has 0 saturated heterocycles. The van der Waals surface area contributed by atoms with E-state index in [4.69, 9.17) is 4.74 Å². The Morgan fingerprint density at radius 2 is 1.84 bits per heavy atom. The average Bonchev–Trinajstić information content (AvgIpc) is 2.32. The Morgan fingerprint density at radius 3 is 2.47 bits per heavy atom. The van der Waals surface area contributed by atoms with Gasteiger partial charge in [-0.15, -0.1) is 0 Å². The average molecular weight is 336 g/mol. The standard InChI is InChI=1S/C12H6BrF4NO/c13-9-6-8(14)1-2-10(9)19-11-5-7(3-4-18-11)12(15,16)17/h1-6H. The van der Waals surface area contributed by atoms with Gasteiger partial charge in [-0.2, -0.15) is 13.2 Å². The van der Waals surface area contributed by atoms with E-state index in [1.54, 1.807) is 0 Å². The summed E-state index contributed by atoms with van der Waals surface area (Å²) in [6.07, 6.45) is -3.48. The van der Waals surface area contributed by atoms with Crippen LogP contribution >= 0.6 is 15.9 Å². The van der Waals surface area contributed by atoms with Crippen LogP contribution in [0.1, 0.15) is 5.56 Å². The van der Waals surface area contributed by atoms with Crippen molar-refractivity contribution in [1.29, 1.82) is 0 Å². The third-order valence-corrected chi connectivity index (χ3v) is 2.79. The lowest BCUT2D eigenvalue weighted by Gasteiger charge is -2.10. The summed E-state index contributed by atoms with van der Waals surface area (Å²) in [5.41, 5.74) is -0.865. The van der Waals surface area contributed by atoms with Crippen LogP contribution in [0.25, 0.3) is 0 Å². The Labute approximate surface area is 114 Å². The molecule has 2 aromatic rings. The fourth-order valence-electron chi connectivity index (χ4n) is 1.31. The number of aromatic nitrogens is 1. The molecule has 2 rings (SSSR count). The maximum atomic E-state index is 12.9. The summed E-state index contributed by atoms with van der Waals surface area (Å²) in [7, 11) is 0. The van der Waals surface area contributed by atoms with Crippen molar-refractivity contribution in [1.82, 2.24) is 4.98 Å². The summed E-state index contributed by atoms with van der Waals surface area (Å²) in [4.78, 5) is 3.67. The van der Waals surface area contributed by atoms with Crippen LogP contribution in [0.3, 0.4) is 0 Å². The van der Waals surface area contributed by atoms with Crippen LogP contribution in [0.5, 0.6) is 11.6 Å². The Balaban J connectivity index is 2.29. The van der Waals surface area contributed by atoms with Gasteiger partial charge < -0.3 is 4.74 Å². The molecule has 0 saturated carbocycles. The highest BCUT2D eigenvalue weighted by Crippen LogP contribution is 2.33. The van der Waals surface area contributed by atoms with Gasteiger partial charge in [0.25, 0.3) is 0 Å². The van der Waals surface area contributed by atoms with E-state index in [-0.39, 0.29) is 16.1 Å². The van der Waals surface area contributed by atoms with Crippen molar-refractivity contribution in [3.63, 3.8) is 0 Å². The highest BCUT2D eigenvalue weighted by Gasteiger charge is 2.31. The van der Waals surface area contributed by atoms with Crippen LogP contribution in [0.15, 0.2) is 41.0 Å². The first-order valence-corrected chi connectivity index (χ1v) is 5.82. The number of pyridine rings is 1. The lowest BCUT2D eigenvalue weighted by molar-refractivity contribution is -0.137. The smallest absolute Gasteiger partial charge is 0.416 e. The molecule has 0 aliphatic heterocycles.